The van der Waals surface area contributed by atoms with Gasteiger partial charge in [-0.1, -0.05) is 134 Å². The Hall–Kier alpha value is -4.49. The SMILES string of the molecule is C/C=C\C1=C(C)C(C2C=CC3C=CC=CC3C2)C2CCC=CC2=C1c1ccc(-c2cccnc2C(/C=C\C)=C/CC)c2ccccc12. The second kappa shape index (κ2) is 13.7. The fourth-order valence-corrected chi connectivity index (χ4v) is 8.83. The van der Waals surface area contributed by atoms with Gasteiger partial charge in [0.25, 0.3) is 0 Å². The molecule has 1 aromatic heterocycles. The monoisotopic (exact) mass is 613 g/mol. The number of aromatic nitrogens is 1. The van der Waals surface area contributed by atoms with Crippen molar-refractivity contribution in [2.45, 2.75) is 53.4 Å². The fourth-order valence-electron chi connectivity index (χ4n) is 8.83. The summed E-state index contributed by atoms with van der Waals surface area (Å²) >= 11 is 0. The Morgan fingerprint density at radius 2 is 1.66 bits per heavy atom. The number of nitrogens with zero attached hydrogens (tertiary/aromatic N) is 1. The van der Waals surface area contributed by atoms with Gasteiger partial charge in [0, 0.05) is 17.7 Å². The van der Waals surface area contributed by atoms with Gasteiger partial charge in [-0.15, -0.1) is 0 Å². The van der Waals surface area contributed by atoms with Gasteiger partial charge in [-0.05, 0) is 120 Å². The van der Waals surface area contributed by atoms with Gasteiger partial charge >= 0.3 is 0 Å². The Labute approximate surface area is 281 Å². The lowest BCUT2D eigenvalue weighted by Crippen LogP contribution is -2.33. The van der Waals surface area contributed by atoms with Crippen LogP contribution in [0.5, 0.6) is 0 Å². The van der Waals surface area contributed by atoms with E-state index < -0.39 is 0 Å². The lowest BCUT2D eigenvalue weighted by molar-refractivity contribution is 0.267. The number of benzene rings is 2. The zero-order valence-corrected chi connectivity index (χ0v) is 28.4. The van der Waals surface area contributed by atoms with Crippen LogP contribution in [-0.4, -0.2) is 4.98 Å². The van der Waals surface area contributed by atoms with E-state index in [1.165, 1.54) is 62.6 Å². The predicted molar refractivity (Wildman–Crippen MR) is 203 cm³/mol. The summed E-state index contributed by atoms with van der Waals surface area (Å²) in [5.74, 6) is 2.74. The van der Waals surface area contributed by atoms with E-state index in [1.807, 2.05) is 6.20 Å². The highest BCUT2D eigenvalue weighted by atomic mass is 14.7. The molecule has 7 rings (SSSR count). The minimum Gasteiger partial charge on any atom is -0.256 e. The summed E-state index contributed by atoms with van der Waals surface area (Å²) in [7, 11) is 0. The fraction of sp³-hybridized carbons (Fsp3) is 0.283. The summed E-state index contributed by atoms with van der Waals surface area (Å²) in [4.78, 5) is 4.92. The second-order valence-corrected chi connectivity index (χ2v) is 13.5. The molecule has 1 heterocycles. The summed E-state index contributed by atoms with van der Waals surface area (Å²) in [5, 5.41) is 2.58. The lowest BCUT2D eigenvalue weighted by atomic mass is 9.60. The Kier molecular flexibility index (Phi) is 9.07. The van der Waals surface area contributed by atoms with E-state index >= 15 is 0 Å². The topological polar surface area (TPSA) is 12.9 Å². The summed E-state index contributed by atoms with van der Waals surface area (Å²) in [6.45, 7) is 8.88. The van der Waals surface area contributed by atoms with Gasteiger partial charge in [-0.2, -0.15) is 0 Å². The average molecular weight is 614 g/mol. The number of hydrogen-bond acceptors (Lipinski definition) is 1. The van der Waals surface area contributed by atoms with Crippen LogP contribution in [0, 0.1) is 29.6 Å². The van der Waals surface area contributed by atoms with Gasteiger partial charge in [-0.3, -0.25) is 4.98 Å². The highest BCUT2D eigenvalue weighted by Gasteiger charge is 2.41. The van der Waals surface area contributed by atoms with E-state index in [2.05, 4.69) is 155 Å². The molecule has 0 saturated heterocycles. The molecule has 1 heteroatoms. The third kappa shape index (κ3) is 5.71. The molecular weight excluding hydrogens is 567 g/mol. The van der Waals surface area contributed by atoms with E-state index in [4.69, 9.17) is 4.98 Å². The number of allylic oxidation sites excluding steroid dienone is 18. The van der Waals surface area contributed by atoms with Crippen LogP contribution >= 0.6 is 0 Å². The van der Waals surface area contributed by atoms with Crippen molar-refractivity contribution in [2.24, 2.45) is 29.6 Å². The average Bonchev–Trinajstić information content (AvgIpc) is 3.11. The van der Waals surface area contributed by atoms with Crippen molar-refractivity contribution in [3.05, 3.63) is 162 Å². The van der Waals surface area contributed by atoms with E-state index in [0.717, 1.165) is 18.5 Å². The molecule has 0 bridgehead atoms. The van der Waals surface area contributed by atoms with Crippen molar-refractivity contribution in [1.29, 1.82) is 0 Å². The number of hydrogen-bond donors (Lipinski definition) is 0. The molecule has 1 nitrogen and oxygen atoms in total. The minimum absolute atomic E-state index is 0.514. The number of rotatable bonds is 7. The maximum Gasteiger partial charge on any atom is 0.0777 e. The van der Waals surface area contributed by atoms with E-state index in [-0.39, 0.29) is 0 Å². The summed E-state index contributed by atoms with van der Waals surface area (Å²) in [6.07, 6.45) is 36.9. The molecule has 47 heavy (non-hydrogen) atoms. The van der Waals surface area contributed by atoms with Gasteiger partial charge < -0.3 is 0 Å². The molecule has 2 aromatic carbocycles. The number of pyridine rings is 1. The van der Waals surface area contributed by atoms with Crippen molar-refractivity contribution in [2.75, 3.05) is 0 Å². The minimum atomic E-state index is 0.514. The maximum absolute atomic E-state index is 4.92. The first-order valence-corrected chi connectivity index (χ1v) is 17.7. The Balaban J connectivity index is 1.40. The zero-order chi connectivity index (χ0) is 32.3. The van der Waals surface area contributed by atoms with Crippen LogP contribution in [0.2, 0.25) is 0 Å². The molecule has 0 radical (unpaired) electrons. The largest absolute Gasteiger partial charge is 0.256 e. The van der Waals surface area contributed by atoms with Crippen LogP contribution in [0.1, 0.15) is 64.6 Å². The van der Waals surface area contributed by atoms with E-state index in [9.17, 15) is 0 Å². The molecule has 236 valence electrons. The predicted octanol–water partition coefficient (Wildman–Crippen LogP) is 12.4. The third-order valence-electron chi connectivity index (χ3n) is 10.8. The molecule has 4 aliphatic carbocycles. The first-order valence-electron chi connectivity index (χ1n) is 17.7. The first-order chi connectivity index (χ1) is 23.1. The molecule has 0 amide bonds. The van der Waals surface area contributed by atoms with Crippen LogP contribution in [0.25, 0.3) is 33.0 Å². The van der Waals surface area contributed by atoms with Crippen molar-refractivity contribution < 1.29 is 0 Å². The van der Waals surface area contributed by atoms with Crippen LogP contribution in [0.3, 0.4) is 0 Å². The van der Waals surface area contributed by atoms with Crippen molar-refractivity contribution >= 4 is 21.9 Å². The third-order valence-corrected chi connectivity index (χ3v) is 10.8. The Bertz CT molecular complexity index is 1950. The van der Waals surface area contributed by atoms with Crippen LogP contribution in [0.15, 0.2) is 150 Å². The molecule has 0 saturated carbocycles. The zero-order valence-electron chi connectivity index (χ0n) is 28.4. The van der Waals surface area contributed by atoms with E-state index in [1.54, 1.807) is 5.57 Å². The highest BCUT2D eigenvalue weighted by Crippen LogP contribution is 2.53. The Morgan fingerprint density at radius 1 is 0.851 bits per heavy atom. The van der Waals surface area contributed by atoms with Gasteiger partial charge in [0.15, 0.2) is 0 Å². The van der Waals surface area contributed by atoms with Crippen molar-refractivity contribution in [3.8, 4) is 11.1 Å². The molecule has 4 aliphatic rings. The first kappa shape index (κ1) is 31.1. The van der Waals surface area contributed by atoms with Gasteiger partial charge in [0.05, 0.1) is 5.69 Å². The normalized spacial score (nSPS) is 25.8. The quantitative estimate of drug-likeness (QED) is 0.191. The van der Waals surface area contributed by atoms with Gasteiger partial charge in [0.2, 0.25) is 0 Å². The lowest BCUT2D eigenvalue weighted by Gasteiger charge is -2.44. The standard InChI is InChI=1S/C46H47N/c1-5-15-33(16-6-2)46-43(24-14-29-47-46)39-27-28-42(38-21-11-10-20-37(38)39)45-36(17-7-3)31(4)44(40-22-12-13-23-41(40)45)35-26-25-32-18-8-9-19-34(32)30-35/h5,7-11,13-21,23-29,32,34-35,40,44H,6,12,22,30H2,1-4H3/b15-5-,17-7-,33-16+. The smallest absolute Gasteiger partial charge is 0.0777 e. The van der Waals surface area contributed by atoms with Gasteiger partial charge in [-0.25, -0.2) is 0 Å². The highest BCUT2D eigenvalue weighted by molar-refractivity contribution is 6.07. The molecule has 0 fully saturated rings. The van der Waals surface area contributed by atoms with Crippen LogP contribution < -0.4 is 0 Å². The summed E-state index contributed by atoms with van der Waals surface area (Å²) in [5.41, 5.74) is 11.9. The Morgan fingerprint density at radius 3 is 2.47 bits per heavy atom. The molecule has 3 aromatic rings. The molecule has 0 N–H and O–H groups in total. The second-order valence-electron chi connectivity index (χ2n) is 13.5. The molecule has 0 spiro atoms. The van der Waals surface area contributed by atoms with Gasteiger partial charge in [0.1, 0.15) is 0 Å². The molecule has 5 atom stereocenters. The van der Waals surface area contributed by atoms with Crippen molar-refractivity contribution in [3.63, 3.8) is 0 Å². The summed E-state index contributed by atoms with van der Waals surface area (Å²) < 4.78 is 0. The molecule has 0 aliphatic heterocycles. The molecule has 5 unspecified atom stereocenters. The van der Waals surface area contributed by atoms with Crippen molar-refractivity contribution in [1.82, 2.24) is 4.98 Å². The maximum atomic E-state index is 4.92. The van der Waals surface area contributed by atoms with E-state index in [0.29, 0.717) is 29.6 Å². The molecular formula is C46H47N. The van der Waals surface area contributed by atoms with Crippen LogP contribution in [0.4, 0.5) is 0 Å². The summed E-state index contributed by atoms with van der Waals surface area (Å²) in [6, 6.07) is 18.1. The number of fused-ring (bicyclic) bond motifs is 3. The van der Waals surface area contributed by atoms with Crippen LogP contribution in [-0.2, 0) is 0 Å².